The van der Waals surface area contributed by atoms with E-state index in [-0.39, 0.29) is 18.5 Å². The van der Waals surface area contributed by atoms with Crippen LogP contribution in [-0.4, -0.2) is 14.8 Å². The molecule has 2 rings (SSSR count). The minimum Gasteiger partial charge on any atom is -0.324 e. The third kappa shape index (κ3) is 2.16. The molecule has 0 bridgehead atoms. The maximum atomic E-state index is 13.4. The molecule has 0 saturated carbocycles. The van der Waals surface area contributed by atoms with E-state index in [4.69, 9.17) is 5.73 Å². The summed E-state index contributed by atoms with van der Waals surface area (Å²) in [4.78, 5) is 0. The number of benzene rings is 1. The lowest BCUT2D eigenvalue weighted by Gasteiger charge is -2.05. The molecule has 2 N–H and O–H groups in total. The number of nitrogens with zero attached hydrogens (tertiary/aromatic N) is 3. The average Bonchev–Trinajstić information content (AvgIpc) is 2.65. The molecule has 0 aliphatic carbocycles. The second kappa shape index (κ2) is 4.58. The van der Waals surface area contributed by atoms with Crippen LogP contribution < -0.4 is 5.73 Å². The van der Waals surface area contributed by atoms with Crippen molar-refractivity contribution in [3.8, 4) is 0 Å². The zero-order chi connectivity index (χ0) is 12.4. The molecule has 0 spiro atoms. The van der Waals surface area contributed by atoms with Crippen molar-refractivity contribution < 1.29 is 8.78 Å². The highest BCUT2D eigenvalue weighted by atomic mass is 19.1. The Morgan fingerprint density at radius 3 is 2.29 bits per heavy atom. The van der Waals surface area contributed by atoms with Crippen LogP contribution in [0.1, 0.15) is 17.2 Å². The highest BCUT2D eigenvalue weighted by Crippen LogP contribution is 2.15. The molecule has 0 aliphatic heterocycles. The van der Waals surface area contributed by atoms with Gasteiger partial charge >= 0.3 is 0 Å². The summed E-state index contributed by atoms with van der Waals surface area (Å²) in [6, 6.07) is 3.77. The Bertz CT molecular complexity index is 516. The summed E-state index contributed by atoms with van der Waals surface area (Å²) in [6.45, 7) is 0.239. The van der Waals surface area contributed by atoms with Gasteiger partial charge in [-0.15, -0.1) is 10.2 Å². The summed E-state index contributed by atoms with van der Waals surface area (Å²) in [6.07, 6.45) is 0.0575. The second-order valence-corrected chi connectivity index (χ2v) is 3.67. The zero-order valence-electron chi connectivity index (χ0n) is 9.32. The summed E-state index contributed by atoms with van der Waals surface area (Å²) in [7, 11) is 1.72. The van der Waals surface area contributed by atoms with E-state index in [9.17, 15) is 8.78 Å². The normalized spacial score (nSPS) is 10.8. The summed E-state index contributed by atoms with van der Waals surface area (Å²) < 4.78 is 28.5. The van der Waals surface area contributed by atoms with E-state index >= 15 is 0 Å². The van der Waals surface area contributed by atoms with E-state index in [1.807, 2.05) is 0 Å². The fourth-order valence-corrected chi connectivity index (χ4v) is 1.59. The molecular formula is C11H12F2N4. The van der Waals surface area contributed by atoms with Gasteiger partial charge in [0.25, 0.3) is 0 Å². The minimum absolute atomic E-state index is 0.00780. The molecule has 1 aromatic heterocycles. The Hall–Kier alpha value is -1.82. The summed E-state index contributed by atoms with van der Waals surface area (Å²) >= 11 is 0. The van der Waals surface area contributed by atoms with Crippen molar-refractivity contribution in [3.63, 3.8) is 0 Å². The standard InChI is InChI=1S/C11H12F2N4/c1-17-10(15-16-11(17)6-14)5-7-8(12)3-2-4-9(7)13/h2-4H,5-6,14H2,1H3. The molecule has 6 heteroatoms. The maximum absolute atomic E-state index is 13.4. The van der Waals surface area contributed by atoms with E-state index in [2.05, 4.69) is 10.2 Å². The number of nitrogens with two attached hydrogens (primary N) is 1. The molecule has 0 radical (unpaired) electrons. The molecule has 0 atom stereocenters. The summed E-state index contributed by atoms with van der Waals surface area (Å²) in [5, 5.41) is 7.70. The molecule has 0 amide bonds. The third-order valence-electron chi connectivity index (χ3n) is 2.63. The summed E-state index contributed by atoms with van der Waals surface area (Å²) in [5.41, 5.74) is 5.44. The molecule has 0 aliphatic rings. The first kappa shape index (κ1) is 11.7. The van der Waals surface area contributed by atoms with Crippen molar-refractivity contribution in [2.75, 3.05) is 0 Å². The third-order valence-corrected chi connectivity index (χ3v) is 2.63. The molecule has 0 saturated heterocycles. The van der Waals surface area contributed by atoms with Crippen molar-refractivity contribution in [1.82, 2.24) is 14.8 Å². The van der Waals surface area contributed by atoms with E-state index in [0.29, 0.717) is 11.6 Å². The van der Waals surface area contributed by atoms with Crippen LogP contribution >= 0.6 is 0 Å². The smallest absolute Gasteiger partial charge is 0.146 e. The first-order valence-corrected chi connectivity index (χ1v) is 5.13. The van der Waals surface area contributed by atoms with E-state index in [0.717, 1.165) is 0 Å². The quantitative estimate of drug-likeness (QED) is 0.872. The van der Waals surface area contributed by atoms with Crippen LogP contribution in [0.25, 0.3) is 0 Å². The van der Waals surface area contributed by atoms with E-state index < -0.39 is 11.6 Å². The van der Waals surface area contributed by atoms with Crippen LogP contribution in [0.15, 0.2) is 18.2 Å². The fraction of sp³-hybridized carbons (Fsp3) is 0.273. The van der Waals surface area contributed by atoms with E-state index in [1.165, 1.54) is 18.2 Å². The lowest BCUT2D eigenvalue weighted by atomic mass is 10.1. The number of rotatable bonds is 3. The number of halogens is 2. The molecule has 0 fully saturated rings. The Morgan fingerprint density at radius 2 is 1.76 bits per heavy atom. The van der Waals surface area contributed by atoms with Crippen LogP contribution in [0.5, 0.6) is 0 Å². The monoisotopic (exact) mass is 238 g/mol. The van der Waals surface area contributed by atoms with Gasteiger partial charge in [-0.1, -0.05) is 6.07 Å². The van der Waals surface area contributed by atoms with Crippen LogP contribution in [0.4, 0.5) is 8.78 Å². The van der Waals surface area contributed by atoms with Crippen LogP contribution in [0.3, 0.4) is 0 Å². The number of hydrogen-bond acceptors (Lipinski definition) is 3. The topological polar surface area (TPSA) is 56.7 Å². The number of aromatic nitrogens is 3. The van der Waals surface area contributed by atoms with Gasteiger partial charge in [-0.3, -0.25) is 0 Å². The first-order chi connectivity index (χ1) is 8.13. The molecule has 4 nitrogen and oxygen atoms in total. The number of hydrogen-bond donors (Lipinski definition) is 1. The van der Waals surface area contributed by atoms with Gasteiger partial charge in [0.2, 0.25) is 0 Å². The predicted octanol–water partition coefficient (Wildman–Crippen LogP) is 1.14. The van der Waals surface area contributed by atoms with Gasteiger partial charge in [-0.25, -0.2) is 8.78 Å². The summed E-state index contributed by atoms with van der Waals surface area (Å²) in [5.74, 6) is -0.101. The van der Waals surface area contributed by atoms with Crippen molar-refractivity contribution in [3.05, 3.63) is 47.0 Å². The van der Waals surface area contributed by atoms with Crippen LogP contribution in [0, 0.1) is 11.6 Å². The van der Waals surface area contributed by atoms with Gasteiger partial charge in [0.05, 0.1) is 6.54 Å². The van der Waals surface area contributed by atoms with Crippen molar-refractivity contribution in [1.29, 1.82) is 0 Å². The van der Waals surface area contributed by atoms with Crippen LogP contribution in [0.2, 0.25) is 0 Å². The predicted molar refractivity (Wildman–Crippen MR) is 58.1 cm³/mol. The molecule has 1 heterocycles. The Morgan fingerprint density at radius 1 is 1.18 bits per heavy atom. The average molecular weight is 238 g/mol. The molecule has 90 valence electrons. The Balaban J connectivity index is 2.35. The zero-order valence-corrected chi connectivity index (χ0v) is 9.32. The highest BCUT2D eigenvalue weighted by molar-refractivity contribution is 5.23. The van der Waals surface area contributed by atoms with Crippen molar-refractivity contribution in [2.45, 2.75) is 13.0 Å². The molecule has 17 heavy (non-hydrogen) atoms. The van der Waals surface area contributed by atoms with E-state index in [1.54, 1.807) is 11.6 Å². The maximum Gasteiger partial charge on any atom is 0.146 e. The molecule has 1 aromatic carbocycles. The Labute approximate surface area is 97.1 Å². The molecule has 0 unspecified atom stereocenters. The lowest BCUT2D eigenvalue weighted by molar-refractivity contribution is 0.557. The van der Waals surface area contributed by atoms with Gasteiger partial charge in [0.15, 0.2) is 0 Å². The first-order valence-electron chi connectivity index (χ1n) is 5.13. The minimum atomic E-state index is -0.581. The van der Waals surface area contributed by atoms with Gasteiger partial charge in [0.1, 0.15) is 23.3 Å². The van der Waals surface area contributed by atoms with Crippen molar-refractivity contribution >= 4 is 0 Å². The van der Waals surface area contributed by atoms with Gasteiger partial charge in [-0.2, -0.15) is 0 Å². The highest BCUT2D eigenvalue weighted by Gasteiger charge is 2.14. The SMILES string of the molecule is Cn1c(CN)nnc1Cc1c(F)cccc1F. The second-order valence-electron chi connectivity index (χ2n) is 3.67. The lowest BCUT2D eigenvalue weighted by Crippen LogP contribution is -2.08. The molecule has 2 aromatic rings. The van der Waals surface area contributed by atoms with Gasteiger partial charge in [0, 0.05) is 19.0 Å². The van der Waals surface area contributed by atoms with Gasteiger partial charge in [-0.05, 0) is 12.1 Å². The van der Waals surface area contributed by atoms with Crippen LogP contribution in [-0.2, 0) is 20.0 Å². The Kier molecular flexibility index (Phi) is 3.14. The van der Waals surface area contributed by atoms with Crippen molar-refractivity contribution in [2.24, 2.45) is 12.8 Å². The van der Waals surface area contributed by atoms with Gasteiger partial charge < -0.3 is 10.3 Å². The molecular weight excluding hydrogens is 226 g/mol. The largest absolute Gasteiger partial charge is 0.324 e. The fourth-order valence-electron chi connectivity index (χ4n) is 1.59.